The van der Waals surface area contributed by atoms with E-state index in [1.165, 1.54) is 16.1 Å². The highest BCUT2D eigenvalue weighted by Gasteiger charge is 2.27. The van der Waals surface area contributed by atoms with Crippen LogP contribution < -0.4 is 10.1 Å². The summed E-state index contributed by atoms with van der Waals surface area (Å²) >= 11 is 0. The molecule has 0 spiro atoms. The van der Waals surface area contributed by atoms with Gasteiger partial charge in [0, 0.05) is 32.7 Å². The Morgan fingerprint density at radius 2 is 2.15 bits per heavy atom. The number of urea groups is 1. The van der Waals surface area contributed by atoms with Crippen LogP contribution in [0.2, 0.25) is 0 Å². The summed E-state index contributed by atoms with van der Waals surface area (Å²) in [5.41, 5.74) is 2.32. The molecule has 1 aromatic rings. The van der Waals surface area contributed by atoms with Crippen LogP contribution in [-0.4, -0.2) is 75.9 Å². The molecule has 144 valence electrons. The van der Waals surface area contributed by atoms with Gasteiger partial charge in [-0.15, -0.1) is 0 Å². The summed E-state index contributed by atoms with van der Waals surface area (Å²) in [7, 11) is -1.60. The predicted molar refractivity (Wildman–Crippen MR) is 96.7 cm³/mol. The highest BCUT2D eigenvalue weighted by Crippen LogP contribution is 2.23. The summed E-state index contributed by atoms with van der Waals surface area (Å²) in [6.45, 7) is 2.43. The summed E-state index contributed by atoms with van der Waals surface area (Å²) in [5.74, 6) is 0.825. The molecule has 26 heavy (non-hydrogen) atoms. The molecular weight excluding hydrogens is 358 g/mol. The van der Waals surface area contributed by atoms with E-state index in [1.807, 2.05) is 18.2 Å². The molecule has 0 saturated carbocycles. The molecule has 0 bridgehead atoms. The van der Waals surface area contributed by atoms with E-state index >= 15 is 0 Å². The first-order valence-corrected chi connectivity index (χ1v) is 10.5. The van der Waals surface area contributed by atoms with Crippen molar-refractivity contribution in [3.05, 3.63) is 29.3 Å². The summed E-state index contributed by atoms with van der Waals surface area (Å²) in [5, 5.41) is 2.86. The van der Waals surface area contributed by atoms with E-state index in [0.29, 0.717) is 26.2 Å². The minimum absolute atomic E-state index is 0.161. The zero-order valence-corrected chi connectivity index (χ0v) is 15.9. The molecule has 8 nitrogen and oxygen atoms in total. The van der Waals surface area contributed by atoms with Gasteiger partial charge in [0.15, 0.2) is 0 Å². The molecule has 1 N–H and O–H groups in total. The van der Waals surface area contributed by atoms with E-state index in [4.69, 9.17) is 9.47 Å². The fourth-order valence-corrected chi connectivity index (χ4v) is 4.10. The molecule has 0 radical (unpaired) electrons. The summed E-state index contributed by atoms with van der Waals surface area (Å²) in [6, 6.07) is 5.74. The molecule has 0 aliphatic carbocycles. The van der Waals surface area contributed by atoms with Gasteiger partial charge in [-0.2, -0.15) is 4.31 Å². The molecule has 3 rings (SSSR count). The molecule has 1 atom stereocenters. The number of benzene rings is 1. The van der Waals surface area contributed by atoms with E-state index in [0.717, 1.165) is 17.7 Å². The first kappa shape index (κ1) is 18.9. The van der Waals surface area contributed by atoms with Crippen molar-refractivity contribution < 1.29 is 22.7 Å². The summed E-state index contributed by atoms with van der Waals surface area (Å²) < 4.78 is 35.5. The second-order valence-electron chi connectivity index (χ2n) is 6.61. The number of amides is 2. The van der Waals surface area contributed by atoms with Crippen LogP contribution in [0.5, 0.6) is 5.75 Å². The van der Waals surface area contributed by atoms with Crippen LogP contribution in [0.25, 0.3) is 0 Å². The van der Waals surface area contributed by atoms with Gasteiger partial charge in [0.2, 0.25) is 10.0 Å². The number of ether oxygens (including phenoxy) is 2. The standard InChI is InChI=1S/C17H25N3O5S/c1-24-15-4-3-14-11-19(6-5-13(14)9-15)17(21)18-10-16-12-20(7-8-25-16)26(2,22)23/h3-4,9,16H,5-8,10-12H2,1-2H3,(H,18,21)/t16-/m0/s1. The highest BCUT2D eigenvalue weighted by molar-refractivity contribution is 7.88. The smallest absolute Gasteiger partial charge is 0.317 e. The fourth-order valence-electron chi connectivity index (χ4n) is 3.26. The third-order valence-corrected chi connectivity index (χ3v) is 6.03. The van der Waals surface area contributed by atoms with E-state index in [-0.39, 0.29) is 25.2 Å². The Morgan fingerprint density at radius 3 is 2.88 bits per heavy atom. The lowest BCUT2D eigenvalue weighted by molar-refractivity contribution is 0.000837. The third kappa shape index (κ3) is 4.46. The number of nitrogens with one attached hydrogen (secondary N) is 1. The maximum atomic E-state index is 12.5. The predicted octanol–water partition coefficient (Wildman–Crippen LogP) is 0.423. The summed E-state index contributed by atoms with van der Waals surface area (Å²) in [6.07, 6.45) is 1.64. The number of sulfonamides is 1. The van der Waals surface area contributed by atoms with Crippen LogP contribution >= 0.6 is 0 Å². The maximum absolute atomic E-state index is 12.5. The van der Waals surface area contributed by atoms with Crippen molar-refractivity contribution in [3.8, 4) is 5.75 Å². The normalized spacial score (nSPS) is 21.2. The van der Waals surface area contributed by atoms with Crippen molar-refractivity contribution in [1.82, 2.24) is 14.5 Å². The Morgan fingerprint density at radius 1 is 1.35 bits per heavy atom. The number of nitrogens with zero attached hydrogens (tertiary/aromatic N) is 2. The van der Waals surface area contributed by atoms with E-state index in [9.17, 15) is 13.2 Å². The van der Waals surface area contributed by atoms with Gasteiger partial charge in [-0.1, -0.05) is 6.07 Å². The second-order valence-corrected chi connectivity index (χ2v) is 8.59. The quantitative estimate of drug-likeness (QED) is 0.814. The third-order valence-electron chi connectivity index (χ3n) is 4.76. The van der Waals surface area contributed by atoms with Gasteiger partial charge < -0.3 is 19.7 Å². The molecule has 2 aliphatic rings. The highest BCUT2D eigenvalue weighted by atomic mass is 32.2. The number of rotatable bonds is 4. The van der Waals surface area contributed by atoms with E-state index in [1.54, 1.807) is 12.0 Å². The molecule has 1 aromatic carbocycles. The molecule has 9 heteroatoms. The number of methoxy groups -OCH3 is 1. The number of fused-ring (bicyclic) bond motifs is 1. The Hall–Kier alpha value is -1.84. The second kappa shape index (κ2) is 7.81. The van der Waals surface area contributed by atoms with E-state index < -0.39 is 10.0 Å². The molecular formula is C17H25N3O5S. The van der Waals surface area contributed by atoms with Crippen LogP contribution in [-0.2, 0) is 27.7 Å². The van der Waals surface area contributed by atoms with Crippen LogP contribution in [0.1, 0.15) is 11.1 Å². The monoisotopic (exact) mass is 383 g/mol. The zero-order valence-electron chi connectivity index (χ0n) is 15.1. The lowest BCUT2D eigenvalue weighted by Gasteiger charge is -2.33. The molecule has 1 saturated heterocycles. The van der Waals surface area contributed by atoms with Gasteiger partial charge in [-0.25, -0.2) is 13.2 Å². The van der Waals surface area contributed by atoms with Crippen molar-refractivity contribution in [2.24, 2.45) is 0 Å². The largest absolute Gasteiger partial charge is 0.497 e. The Labute approximate surface area is 154 Å². The van der Waals surface area contributed by atoms with Gasteiger partial charge >= 0.3 is 6.03 Å². The number of morpholine rings is 1. The lowest BCUT2D eigenvalue weighted by Crippen LogP contribution is -2.51. The summed E-state index contributed by atoms with van der Waals surface area (Å²) in [4.78, 5) is 14.2. The van der Waals surface area contributed by atoms with Crippen LogP contribution in [0.3, 0.4) is 0 Å². The van der Waals surface area contributed by atoms with Gasteiger partial charge in [0.25, 0.3) is 0 Å². The van der Waals surface area contributed by atoms with Gasteiger partial charge in [0.1, 0.15) is 5.75 Å². The topological polar surface area (TPSA) is 88.2 Å². The first-order valence-electron chi connectivity index (χ1n) is 8.62. The van der Waals surface area contributed by atoms with Crippen LogP contribution in [0, 0.1) is 0 Å². The Kier molecular flexibility index (Phi) is 5.69. The number of carbonyl (C=O) groups is 1. The fraction of sp³-hybridized carbons (Fsp3) is 0.588. The number of hydrogen-bond acceptors (Lipinski definition) is 5. The Bertz CT molecular complexity index is 768. The Balaban J connectivity index is 1.52. The SMILES string of the molecule is COc1ccc2c(c1)CCN(C(=O)NC[C@H]1CN(S(C)(=O)=O)CCO1)C2. The zero-order chi connectivity index (χ0) is 18.7. The van der Waals surface area contributed by atoms with Crippen molar-refractivity contribution in [1.29, 1.82) is 0 Å². The molecule has 2 amide bonds. The lowest BCUT2D eigenvalue weighted by atomic mass is 10.00. The average molecular weight is 383 g/mol. The average Bonchev–Trinajstić information content (AvgIpc) is 2.64. The number of carbonyl (C=O) groups excluding carboxylic acids is 1. The van der Waals surface area contributed by atoms with Crippen LogP contribution in [0.4, 0.5) is 4.79 Å². The molecule has 2 heterocycles. The van der Waals surface area contributed by atoms with Crippen molar-refractivity contribution in [3.63, 3.8) is 0 Å². The maximum Gasteiger partial charge on any atom is 0.317 e. The molecule has 2 aliphatic heterocycles. The van der Waals surface area contributed by atoms with Crippen molar-refractivity contribution >= 4 is 16.1 Å². The molecule has 1 fully saturated rings. The van der Waals surface area contributed by atoms with Crippen LogP contribution in [0.15, 0.2) is 18.2 Å². The van der Waals surface area contributed by atoms with E-state index in [2.05, 4.69) is 5.32 Å². The van der Waals surface area contributed by atoms with Gasteiger partial charge in [0.05, 0.1) is 26.1 Å². The van der Waals surface area contributed by atoms with Gasteiger partial charge in [-0.05, 0) is 29.7 Å². The molecule has 0 unspecified atom stereocenters. The molecule has 0 aromatic heterocycles. The van der Waals surface area contributed by atoms with Gasteiger partial charge in [-0.3, -0.25) is 0 Å². The van der Waals surface area contributed by atoms with Crippen molar-refractivity contribution in [2.45, 2.75) is 19.1 Å². The minimum atomic E-state index is -3.24. The number of hydrogen-bond donors (Lipinski definition) is 1. The van der Waals surface area contributed by atoms with Crippen molar-refractivity contribution in [2.75, 3.05) is 46.2 Å². The first-order chi connectivity index (χ1) is 12.4. The minimum Gasteiger partial charge on any atom is -0.497 e.